The number of carbonyl (C=O) groups excluding carboxylic acids is 1. The number of thiophene rings is 1. The number of nitrogens with one attached hydrogen (secondary N) is 1. The number of nitrogens with zero attached hydrogens (tertiary/aromatic N) is 1. The van der Waals surface area contributed by atoms with Crippen LogP contribution in [-0.4, -0.2) is 63.9 Å². The topological polar surface area (TPSA) is 84.9 Å². The van der Waals surface area contributed by atoms with Gasteiger partial charge in [-0.25, -0.2) is 13.1 Å². The molecule has 1 aromatic rings. The van der Waals surface area contributed by atoms with Crippen LogP contribution in [0.3, 0.4) is 0 Å². The molecule has 9 heteroatoms. The van der Waals surface area contributed by atoms with Crippen LogP contribution in [0.15, 0.2) is 6.07 Å². The van der Waals surface area contributed by atoms with Gasteiger partial charge in [-0.3, -0.25) is 4.79 Å². The average molecular weight is 471 g/mol. The molecule has 0 aromatic carbocycles. The maximum atomic E-state index is 12.0. The van der Waals surface area contributed by atoms with E-state index in [9.17, 15) is 13.2 Å². The molecule has 0 radical (unpaired) electrons. The van der Waals surface area contributed by atoms with Gasteiger partial charge in [0.05, 0.1) is 19.3 Å². The molecule has 1 spiro atoms. The molecule has 1 saturated heterocycles. The van der Waals surface area contributed by atoms with Crippen molar-refractivity contribution in [2.45, 2.75) is 70.1 Å². The van der Waals surface area contributed by atoms with Gasteiger partial charge in [-0.15, -0.1) is 11.3 Å². The van der Waals surface area contributed by atoms with Crippen LogP contribution in [0, 0.1) is 5.92 Å². The van der Waals surface area contributed by atoms with Crippen molar-refractivity contribution >= 4 is 27.3 Å². The van der Waals surface area contributed by atoms with E-state index < -0.39 is 21.7 Å². The summed E-state index contributed by atoms with van der Waals surface area (Å²) in [4.78, 5) is 16.8. The monoisotopic (exact) mass is 470 g/mol. The quantitative estimate of drug-likeness (QED) is 0.616. The minimum atomic E-state index is -3.62. The van der Waals surface area contributed by atoms with Crippen LogP contribution in [-0.2, 0) is 42.7 Å². The number of fused-ring (bicyclic) bond motifs is 2. The van der Waals surface area contributed by atoms with Crippen LogP contribution in [0.5, 0.6) is 0 Å². The van der Waals surface area contributed by atoms with Crippen molar-refractivity contribution in [3.63, 3.8) is 0 Å². The van der Waals surface area contributed by atoms with Gasteiger partial charge in [0.1, 0.15) is 0 Å². The number of hydrogen-bond acceptors (Lipinski definition) is 7. The first-order valence-electron chi connectivity index (χ1n) is 11.3. The molecule has 7 nitrogen and oxygen atoms in total. The molecular formula is C22H34N2O5S2. The van der Waals surface area contributed by atoms with Gasteiger partial charge >= 0.3 is 5.97 Å². The molecule has 1 aliphatic carbocycles. The Kier molecular flexibility index (Phi) is 6.80. The normalized spacial score (nSPS) is 31.3. The molecule has 4 rings (SSSR count). The van der Waals surface area contributed by atoms with E-state index in [1.165, 1.54) is 22.4 Å². The van der Waals surface area contributed by atoms with Gasteiger partial charge in [-0.1, -0.05) is 6.92 Å². The Morgan fingerprint density at radius 3 is 2.87 bits per heavy atom. The molecule has 0 unspecified atom stereocenters. The predicted octanol–water partition coefficient (Wildman–Crippen LogP) is 2.43. The highest BCUT2D eigenvalue weighted by molar-refractivity contribution is 7.90. The smallest absolute Gasteiger partial charge is 0.322 e. The Labute approximate surface area is 189 Å². The van der Waals surface area contributed by atoms with E-state index >= 15 is 0 Å². The number of carbonyl (C=O) groups is 1. The van der Waals surface area contributed by atoms with Crippen LogP contribution >= 0.6 is 11.3 Å². The van der Waals surface area contributed by atoms with E-state index in [2.05, 4.69) is 34.3 Å². The number of esters is 1. The summed E-state index contributed by atoms with van der Waals surface area (Å²) in [5, 5.41) is 0. The summed E-state index contributed by atoms with van der Waals surface area (Å²) in [5.74, 6) is -0.859. The third kappa shape index (κ3) is 5.00. The number of piperidine rings is 1. The molecule has 3 heterocycles. The summed E-state index contributed by atoms with van der Waals surface area (Å²) in [6, 6.07) is 2.74. The average Bonchev–Trinajstić information content (AvgIpc) is 3.13. The van der Waals surface area contributed by atoms with E-state index in [1.54, 1.807) is 0 Å². The molecule has 1 aromatic heterocycles. The second kappa shape index (κ2) is 9.09. The Morgan fingerprint density at radius 2 is 2.19 bits per heavy atom. The Morgan fingerprint density at radius 1 is 1.42 bits per heavy atom. The van der Waals surface area contributed by atoms with Gasteiger partial charge in [0.2, 0.25) is 10.0 Å². The molecule has 2 aliphatic heterocycles. The molecule has 1 saturated carbocycles. The summed E-state index contributed by atoms with van der Waals surface area (Å²) in [6.45, 7) is 7.33. The first kappa shape index (κ1) is 23.2. The van der Waals surface area contributed by atoms with Crippen molar-refractivity contribution in [2.24, 2.45) is 5.92 Å². The third-order valence-corrected chi connectivity index (χ3v) is 9.72. The van der Waals surface area contributed by atoms with Gasteiger partial charge in [-0.05, 0) is 56.6 Å². The van der Waals surface area contributed by atoms with Crippen molar-refractivity contribution in [1.82, 2.24) is 9.62 Å². The minimum Gasteiger partial charge on any atom is -0.468 e. The van der Waals surface area contributed by atoms with Crippen molar-refractivity contribution in [1.29, 1.82) is 0 Å². The molecule has 3 aliphatic rings. The standard InChI is InChI=1S/C22H34N2O5S2/c1-4-18-11-19-20(30-18)5-8-29-22(19)6-7-24(15(2)12-22)13-16-9-17(10-16)23-31(26,27)14-21(25)28-3/h11,15-17,23H,4-10,12-14H2,1-3H3/t15-,16-,17+,22+/m0/s1. The molecule has 0 amide bonds. The van der Waals surface area contributed by atoms with E-state index in [1.807, 2.05) is 11.3 Å². The van der Waals surface area contributed by atoms with Crippen LogP contribution in [0.2, 0.25) is 0 Å². The molecule has 2 fully saturated rings. The molecule has 2 atom stereocenters. The van der Waals surface area contributed by atoms with Crippen LogP contribution in [0.4, 0.5) is 0 Å². The highest BCUT2D eigenvalue weighted by atomic mass is 32.2. The van der Waals surface area contributed by atoms with Crippen LogP contribution in [0.25, 0.3) is 0 Å². The van der Waals surface area contributed by atoms with Crippen molar-refractivity contribution in [3.8, 4) is 0 Å². The fraction of sp³-hybridized carbons (Fsp3) is 0.773. The number of aryl methyl sites for hydroxylation is 1. The maximum absolute atomic E-state index is 12.0. The van der Waals surface area contributed by atoms with Crippen molar-refractivity contribution in [3.05, 3.63) is 21.4 Å². The second-order valence-corrected chi connectivity index (χ2v) is 12.3. The van der Waals surface area contributed by atoms with Crippen LogP contribution in [0.1, 0.15) is 54.8 Å². The number of rotatable bonds is 7. The number of hydrogen-bond donors (Lipinski definition) is 1. The maximum Gasteiger partial charge on any atom is 0.322 e. The number of methoxy groups -OCH3 is 1. The number of ether oxygens (including phenoxy) is 2. The Balaban J connectivity index is 1.29. The van der Waals surface area contributed by atoms with E-state index in [-0.39, 0.29) is 11.6 Å². The lowest BCUT2D eigenvalue weighted by molar-refractivity contribution is -0.137. The summed E-state index contributed by atoms with van der Waals surface area (Å²) in [5.41, 5.74) is 1.31. The second-order valence-electron chi connectivity index (χ2n) is 9.28. The summed E-state index contributed by atoms with van der Waals surface area (Å²) < 4.78 is 37.5. The fourth-order valence-corrected chi connectivity index (χ4v) is 7.76. The predicted molar refractivity (Wildman–Crippen MR) is 121 cm³/mol. The van der Waals surface area contributed by atoms with Crippen LogP contribution < -0.4 is 4.72 Å². The van der Waals surface area contributed by atoms with Crippen molar-refractivity contribution < 1.29 is 22.7 Å². The molecule has 174 valence electrons. The van der Waals surface area contributed by atoms with E-state index in [0.29, 0.717) is 12.0 Å². The summed E-state index contributed by atoms with van der Waals surface area (Å²) >= 11 is 1.96. The zero-order valence-corrected chi connectivity index (χ0v) is 20.3. The highest BCUT2D eigenvalue weighted by Crippen LogP contribution is 2.46. The first-order valence-corrected chi connectivity index (χ1v) is 13.8. The Hall–Kier alpha value is -1.00. The largest absolute Gasteiger partial charge is 0.468 e. The lowest BCUT2D eigenvalue weighted by Gasteiger charge is -2.49. The molecule has 0 bridgehead atoms. The summed E-state index contributed by atoms with van der Waals surface area (Å²) in [6.07, 6.45) is 5.80. The molecule has 31 heavy (non-hydrogen) atoms. The molecule has 1 N–H and O–H groups in total. The summed E-state index contributed by atoms with van der Waals surface area (Å²) in [7, 11) is -2.43. The minimum absolute atomic E-state index is 0.0754. The van der Waals surface area contributed by atoms with Gasteiger partial charge < -0.3 is 14.4 Å². The lowest BCUT2D eigenvalue weighted by Crippen LogP contribution is -2.54. The van der Waals surface area contributed by atoms with Gasteiger partial charge in [-0.2, -0.15) is 0 Å². The third-order valence-electron chi connectivity index (χ3n) is 7.07. The SMILES string of the molecule is CCc1cc2c(s1)CCO[C@@]21CCN(C[C@H]2C[C@@H](NS(=O)(=O)CC(=O)OC)C2)[C@@H](C)C1. The fourth-order valence-electron chi connectivity index (χ4n) is 5.37. The first-order chi connectivity index (χ1) is 14.7. The van der Waals surface area contributed by atoms with Gasteiger partial charge in [0.25, 0.3) is 0 Å². The van der Waals surface area contributed by atoms with Gasteiger partial charge in [0.15, 0.2) is 5.75 Å². The zero-order chi connectivity index (χ0) is 22.2. The number of sulfonamides is 1. The molecular weight excluding hydrogens is 436 g/mol. The number of likely N-dealkylation sites (tertiary alicyclic amines) is 1. The Bertz CT molecular complexity index is 909. The van der Waals surface area contributed by atoms with Gasteiger partial charge in [0, 0.05) is 41.3 Å². The lowest BCUT2D eigenvalue weighted by atomic mass is 9.77. The van der Waals surface area contributed by atoms with E-state index in [0.717, 1.165) is 58.2 Å². The van der Waals surface area contributed by atoms with Crippen molar-refractivity contribution in [2.75, 3.05) is 32.6 Å². The van der Waals surface area contributed by atoms with E-state index in [4.69, 9.17) is 4.74 Å². The zero-order valence-electron chi connectivity index (χ0n) is 18.7. The highest BCUT2D eigenvalue weighted by Gasteiger charge is 2.45.